The quantitative estimate of drug-likeness (QED) is 0.778. The Hall–Kier alpha value is -3.28. The van der Waals surface area contributed by atoms with Crippen LogP contribution < -0.4 is 4.74 Å². The first-order chi connectivity index (χ1) is 15.2. The molecule has 5 nitrogen and oxygen atoms in total. The smallest absolute Gasteiger partial charge is 0.227 e. The average Bonchev–Trinajstić information content (AvgIpc) is 3.34. The zero-order chi connectivity index (χ0) is 21.8. The topological polar surface area (TPSA) is 73.6 Å². The van der Waals surface area contributed by atoms with E-state index in [2.05, 4.69) is 17.9 Å². The van der Waals surface area contributed by atoms with Gasteiger partial charge in [0.05, 0.1) is 31.4 Å². The fraction of sp³-hybridized carbons (Fsp3) is 0.385. The van der Waals surface area contributed by atoms with Gasteiger partial charge in [0.25, 0.3) is 0 Å². The number of amides is 1. The molecule has 1 N–H and O–H groups in total. The van der Waals surface area contributed by atoms with Gasteiger partial charge in [0.15, 0.2) is 0 Å². The number of nitrogens with zero attached hydrogens (tertiary/aromatic N) is 2. The molecule has 1 amide bonds. The summed E-state index contributed by atoms with van der Waals surface area (Å²) in [5.74, 6) is 6.85. The lowest BCUT2D eigenvalue weighted by Crippen LogP contribution is -2.66. The van der Waals surface area contributed by atoms with Gasteiger partial charge in [-0.05, 0) is 42.7 Å². The van der Waals surface area contributed by atoms with E-state index in [1.165, 1.54) is 0 Å². The molecule has 2 aromatic rings. The van der Waals surface area contributed by atoms with E-state index in [9.17, 15) is 15.2 Å². The normalized spacial score (nSPS) is 22.7. The fourth-order valence-corrected chi connectivity index (χ4v) is 4.77. The maximum atomic E-state index is 12.9. The number of likely N-dealkylation sites (tertiary alicyclic amines) is 1. The molecular weight excluding hydrogens is 388 g/mol. The number of rotatable bonds is 4. The molecule has 1 aliphatic carbocycles. The molecule has 0 bridgehead atoms. The van der Waals surface area contributed by atoms with Crippen molar-refractivity contribution in [1.82, 2.24) is 4.90 Å². The predicted octanol–water partition coefficient (Wildman–Crippen LogP) is 3.46. The van der Waals surface area contributed by atoms with Crippen molar-refractivity contribution in [2.45, 2.75) is 43.7 Å². The van der Waals surface area contributed by atoms with Gasteiger partial charge in [-0.3, -0.25) is 4.79 Å². The highest BCUT2D eigenvalue weighted by atomic mass is 16.5. The van der Waals surface area contributed by atoms with Gasteiger partial charge in [0.2, 0.25) is 5.91 Å². The zero-order valence-electron chi connectivity index (χ0n) is 17.6. The molecule has 0 aromatic heterocycles. The molecule has 31 heavy (non-hydrogen) atoms. The van der Waals surface area contributed by atoms with Crippen LogP contribution in [-0.4, -0.2) is 41.7 Å². The zero-order valence-corrected chi connectivity index (χ0v) is 17.6. The molecule has 1 aliphatic heterocycles. The lowest BCUT2D eigenvalue weighted by atomic mass is 9.75. The molecule has 3 atom stereocenters. The summed E-state index contributed by atoms with van der Waals surface area (Å²) >= 11 is 0. The summed E-state index contributed by atoms with van der Waals surface area (Å²) in [5, 5.41) is 19.7. The maximum absolute atomic E-state index is 12.9. The van der Waals surface area contributed by atoms with Gasteiger partial charge in [0, 0.05) is 17.4 Å². The Kier molecular flexibility index (Phi) is 6.26. The third-order valence-corrected chi connectivity index (χ3v) is 6.43. The second kappa shape index (κ2) is 9.25. The van der Waals surface area contributed by atoms with Crippen molar-refractivity contribution in [3.8, 4) is 23.7 Å². The van der Waals surface area contributed by atoms with E-state index in [4.69, 9.17) is 4.74 Å². The number of ether oxygens (including phenoxy) is 1. The number of hydrogen-bond acceptors (Lipinski definition) is 4. The summed E-state index contributed by atoms with van der Waals surface area (Å²) in [4.78, 5) is 14.5. The first-order valence-electron chi connectivity index (χ1n) is 10.8. The number of aliphatic hydroxyl groups excluding tert-OH is 1. The molecule has 1 heterocycles. The standard InChI is InChI=1S/C26H26N2O3/c1-31-24-9-5-4-6-19(24)13-10-18-11-14-20(15-12-18)25-22(16-27)28(23(25)17-29)26(30)21-7-2-3-8-21/h4-6,9,11-12,14-15,21-23,25,29H,2-3,7-8,17H2,1H3/t22-,23-,25+/m1/s1. The molecular formula is C26H26N2O3. The van der Waals surface area contributed by atoms with Crippen molar-refractivity contribution in [1.29, 1.82) is 5.26 Å². The average molecular weight is 415 g/mol. The molecule has 0 radical (unpaired) electrons. The van der Waals surface area contributed by atoms with E-state index >= 15 is 0 Å². The third kappa shape index (κ3) is 4.02. The Balaban J connectivity index is 1.51. The van der Waals surface area contributed by atoms with Crippen LogP contribution in [0, 0.1) is 29.1 Å². The van der Waals surface area contributed by atoms with Crippen LogP contribution in [0.25, 0.3) is 0 Å². The van der Waals surface area contributed by atoms with Crippen molar-refractivity contribution in [3.63, 3.8) is 0 Å². The Morgan fingerprint density at radius 2 is 1.84 bits per heavy atom. The van der Waals surface area contributed by atoms with E-state index in [0.29, 0.717) is 0 Å². The lowest BCUT2D eigenvalue weighted by molar-refractivity contribution is -0.151. The second-order valence-electron chi connectivity index (χ2n) is 8.15. The third-order valence-electron chi connectivity index (χ3n) is 6.43. The lowest BCUT2D eigenvalue weighted by Gasteiger charge is -2.52. The molecule has 1 saturated heterocycles. The second-order valence-corrected chi connectivity index (χ2v) is 8.15. The number of methoxy groups -OCH3 is 1. The van der Waals surface area contributed by atoms with Gasteiger partial charge < -0.3 is 14.7 Å². The van der Waals surface area contributed by atoms with Crippen LogP contribution in [-0.2, 0) is 4.79 Å². The van der Waals surface area contributed by atoms with E-state index in [0.717, 1.165) is 48.1 Å². The maximum Gasteiger partial charge on any atom is 0.227 e. The minimum atomic E-state index is -0.532. The predicted molar refractivity (Wildman–Crippen MR) is 117 cm³/mol. The Bertz CT molecular complexity index is 1040. The first kappa shape index (κ1) is 21.0. The van der Waals surface area contributed by atoms with Gasteiger partial charge in [-0.1, -0.05) is 48.9 Å². The van der Waals surface area contributed by atoms with Gasteiger partial charge >= 0.3 is 0 Å². The van der Waals surface area contributed by atoms with Crippen molar-refractivity contribution >= 4 is 5.91 Å². The highest BCUT2D eigenvalue weighted by molar-refractivity contribution is 5.82. The van der Waals surface area contributed by atoms with E-state index in [-0.39, 0.29) is 30.4 Å². The monoisotopic (exact) mass is 414 g/mol. The molecule has 158 valence electrons. The van der Waals surface area contributed by atoms with Crippen LogP contribution in [0.3, 0.4) is 0 Å². The van der Waals surface area contributed by atoms with Crippen LogP contribution in [0.1, 0.15) is 48.3 Å². The molecule has 0 unspecified atom stereocenters. The summed E-state index contributed by atoms with van der Waals surface area (Å²) in [6.45, 7) is -0.142. The van der Waals surface area contributed by atoms with Crippen molar-refractivity contribution < 1.29 is 14.6 Å². The number of hydrogen-bond donors (Lipinski definition) is 1. The number of carbonyl (C=O) groups is 1. The van der Waals surface area contributed by atoms with Crippen LogP contribution in [0.15, 0.2) is 48.5 Å². The molecule has 5 heteroatoms. The highest BCUT2D eigenvalue weighted by Gasteiger charge is 2.52. The van der Waals surface area contributed by atoms with Crippen molar-refractivity contribution in [2.75, 3.05) is 13.7 Å². The number of benzene rings is 2. The summed E-state index contributed by atoms with van der Waals surface area (Å²) in [5.41, 5.74) is 2.62. The minimum absolute atomic E-state index is 0.00141. The molecule has 2 aliphatic rings. The van der Waals surface area contributed by atoms with Crippen LogP contribution in [0.5, 0.6) is 5.75 Å². The minimum Gasteiger partial charge on any atom is -0.495 e. The van der Waals surface area contributed by atoms with Gasteiger partial charge in [0.1, 0.15) is 11.8 Å². The molecule has 0 spiro atoms. The number of para-hydroxylation sites is 1. The molecule has 2 aromatic carbocycles. The van der Waals surface area contributed by atoms with E-state index in [1.807, 2.05) is 48.5 Å². The fourth-order valence-electron chi connectivity index (χ4n) is 4.77. The molecule has 2 fully saturated rings. The van der Waals surface area contributed by atoms with Crippen LogP contribution in [0.4, 0.5) is 0 Å². The van der Waals surface area contributed by atoms with Crippen molar-refractivity contribution in [2.24, 2.45) is 5.92 Å². The highest BCUT2D eigenvalue weighted by Crippen LogP contribution is 2.42. The van der Waals surface area contributed by atoms with Crippen LogP contribution >= 0.6 is 0 Å². The number of nitriles is 1. The summed E-state index contributed by atoms with van der Waals surface area (Å²) in [6, 6.07) is 16.8. The SMILES string of the molecule is COc1ccccc1C#Cc1ccc([C@H]2[C@@H](C#N)N(C(=O)C3CCCC3)[C@@H]2CO)cc1. The number of aliphatic hydroxyl groups is 1. The van der Waals surface area contributed by atoms with Gasteiger partial charge in [-0.25, -0.2) is 0 Å². The van der Waals surface area contributed by atoms with Gasteiger partial charge in [-0.2, -0.15) is 5.26 Å². The first-order valence-corrected chi connectivity index (χ1v) is 10.8. The largest absolute Gasteiger partial charge is 0.495 e. The van der Waals surface area contributed by atoms with E-state index < -0.39 is 6.04 Å². The Morgan fingerprint density at radius 1 is 1.13 bits per heavy atom. The number of carbonyl (C=O) groups excluding carboxylic acids is 1. The summed E-state index contributed by atoms with van der Waals surface area (Å²) in [7, 11) is 1.62. The molecule has 4 rings (SSSR count). The molecule has 1 saturated carbocycles. The Morgan fingerprint density at radius 3 is 2.48 bits per heavy atom. The van der Waals surface area contributed by atoms with Crippen molar-refractivity contribution in [3.05, 3.63) is 65.2 Å². The van der Waals surface area contributed by atoms with Gasteiger partial charge in [-0.15, -0.1) is 0 Å². The summed E-state index contributed by atoms with van der Waals surface area (Å²) in [6.07, 6.45) is 3.89. The summed E-state index contributed by atoms with van der Waals surface area (Å²) < 4.78 is 5.33. The van der Waals surface area contributed by atoms with Crippen LogP contribution in [0.2, 0.25) is 0 Å². The Labute approximate surface area is 183 Å². The van der Waals surface area contributed by atoms with E-state index in [1.54, 1.807) is 12.0 Å².